The van der Waals surface area contributed by atoms with Gasteiger partial charge in [0.2, 0.25) is 0 Å². The van der Waals surface area contributed by atoms with Gasteiger partial charge >= 0.3 is 0 Å². The molecule has 1 aromatic rings. The first-order chi connectivity index (χ1) is 10.3. The first-order valence-corrected chi connectivity index (χ1v) is 7.57. The summed E-state index contributed by atoms with van der Waals surface area (Å²) in [4.78, 5) is 18.9. The summed E-state index contributed by atoms with van der Waals surface area (Å²) >= 11 is 0. The smallest absolute Gasteiger partial charge is 0.199 e. The zero-order chi connectivity index (χ0) is 14.7. The molecular weight excluding hydrogens is 300 g/mol. The molecule has 3 rings (SSSR count). The number of nitrogens with zero attached hydrogens (tertiary/aromatic N) is 2. The Morgan fingerprint density at radius 1 is 1.14 bits per heavy atom. The van der Waals surface area contributed by atoms with Crippen LogP contribution in [0.25, 0.3) is 5.76 Å². The Balaban J connectivity index is 0.00000176. The molecule has 1 N–H and O–H groups in total. The number of ketones is 1. The summed E-state index contributed by atoms with van der Waals surface area (Å²) in [5.41, 5.74) is 1.49. The molecule has 1 saturated heterocycles. The third-order valence-electron chi connectivity index (χ3n) is 4.14. The number of allylic oxidation sites excluding steroid dienone is 1. The first kappa shape index (κ1) is 16.7. The molecule has 5 heteroatoms. The van der Waals surface area contributed by atoms with Crippen LogP contribution in [0.4, 0.5) is 0 Å². The molecule has 1 aliphatic carbocycles. The van der Waals surface area contributed by atoms with Crippen LogP contribution < -0.4 is 0 Å². The fourth-order valence-electron chi connectivity index (χ4n) is 2.94. The van der Waals surface area contributed by atoms with Gasteiger partial charge in [-0.25, -0.2) is 0 Å². The minimum Gasteiger partial charge on any atom is -0.506 e. The van der Waals surface area contributed by atoms with Crippen molar-refractivity contribution < 1.29 is 9.90 Å². The molecule has 1 aliphatic heterocycles. The van der Waals surface area contributed by atoms with Crippen LogP contribution in [-0.4, -0.2) is 48.2 Å². The summed E-state index contributed by atoms with van der Waals surface area (Å²) in [6.45, 7) is 3.88. The molecule has 22 heavy (non-hydrogen) atoms. The fraction of sp³-hybridized carbons (Fsp3) is 0.412. The van der Waals surface area contributed by atoms with E-state index in [4.69, 9.17) is 0 Å². The van der Waals surface area contributed by atoms with Gasteiger partial charge < -0.3 is 10.0 Å². The van der Waals surface area contributed by atoms with Gasteiger partial charge in [0.1, 0.15) is 5.76 Å². The van der Waals surface area contributed by atoms with Gasteiger partial charge in [0, 0.05) is 23.9 Å². The highest BCUT2D eigenvalue weighted by atomic mass is 35.5. The third kappa shape index (κ3) is 3.39. The van der Waals surface area contributed by atoms with Gasteiger partial charge in [-0.2, -0.15) is 0 Å². The molecule has 118 valence electrons. The van der Waals surface area contributed by atoms with E-state index in [-0.39, 0.29) is 23.9 Å². The second-order valence-electron chi connectivity index (χ2n) is 5.57. The van der Waals surface area contributed by atoms with Crippen molar-refractivity contribution in [2.75, 3.05) is 26.2 Å². The van der Waals surface area contributed by atoms with E-state index in [0.717, 1.165) is 19.6 Å². The van der Waals surface area contributed by atoms with E-state index in [1.807, 2.05) is 6.07 Å². The van der Waals surface area contributed by atoms with E-state index < -0.39 is 0 Å². The number of piperidine rings is 1. The van der Waals surface area contributed by atoms with Gasteiger partial charge in [0.25, 0.3) is 0 Å². The number of rotatable bonds is 4. The second-order valence-corrected chi connectivity index (χ2v) is 5.57. The van der Waals surface area contributed by atoms with Crippen molar-refractivity contribution >= 4 is 30.2 Å². The molecule has 0 amide bonds. The minimum atomic E-state index is -0.134. The van der Waals surface area contributed by atoms with E-state index in [1.165, 1.54) is 25.5 Å². The molecule has 0 spiro atoms. The van der Waals surface area contributed by atoms with Crippen molar-refractivity contribution in [3.8, 4) is 0 Å². The maximum Gasteiger partial charge on any atom is 0.199 e. The topological polar surface area (TPSA) is 52.9 Å². The number of hydrogen-bond acceptors (Lipinski definition) is 4. The average Bonchev–Trinajstić information content (AvgIpc) is 2.77. The third-order valence-corrected chi connectivity index (χ3v) is 4.14. The molecule has 0 radical (unpaired) electrons. The van der Waals surface area contributed by atoms with Crippen molar-refractivity contribution in [2.45, 2.75) is 19.3 Å². The summed E-state index contributed by atoms with van der Waals surface area (Å²) in [7, 11) is 0. The molecule has 4 nitrogen and oxygen atoms in total. The quantitative estimate of drug-likeness (QED) is 0.867. The summed E-state index contributed by atoms with van der Waals surface area (Å²) in [5, 5.41) is 10.1. The highest BCUT2D eigenvalue weighted by molar-refractivity contribution is 6.30. The van der Waals surface area contributed by atoms with Crippen LogP contribution >= 0.6 is 12.4 Å². The lowest BCUT2D eigenvalue weighted by Crippen LogP contribution is -2.31. The van der Waals surface area contributed by atoms with Crippen LogP contribution in [0.5, 0.6) is 0 Å². The van der Waals surface area contributed by atoms with E-state index in [9.17, 15) is 9.90 Å². The van der Waals surface area contributed by atoms with Gasteiger partial charge in [-0.3, -0.25) is 9.79 Å². The van der Waals surface area contributed by atoms with Gasteiger partial charge in [-0.1, -0.05) is 30.7 Å². The van der Waals surface area contributed by atoms with Crippen molar-refractivity contribution in [3.63, 3.8) is 0 Å². The lowest BCUT2D eigenvalue weighted by Gasteiger charge is -2.25. The number of halogens is 1. The molecule has 1 fully saturated rings. The summed E-state index contributed by atoms with van der Waals surface area (Å²) < 4.78 is 0. The maximum atomic E-state index is 12.2. The Morgan fingerprint density at radius 2 is 1.82 bits per heavy atom. The SMILES string of the molecule is Cl.O=C1C(C=NCCN2CCCCC2)=C(O)c2ccccc21. The van der Waals surface area contributed by atoms with Crippen LogP contribution in [0, 0.1) is 0 Å². The summed E-state index contributed by atoms with van der Waals surface area (Å²) in [6.07, 6.45) is 5.39. The number of benzene rings is 1. The number of hydrogen-bond donors (Lipinski definition) is 1. The van der Waals surface area contributed by atoms with E-state index >= 15 is 0 Å². The van der Waals surface area contributed by atoms with Crippen LogP contribution in [0.3, 0.4) is 0 Å². The Morgan fingerprint density at radius 3 is 2.50 bits per heavy atom. The number of carbonyl (C=O) groups is 1. The van der Waals surface area contributed by atoms with Crippen molar-refractivity contribution in [3.05, 3.63) is 41.0 Å². The van der Waals surface area contributed by atoms with Gasteiger partial charge in [-0.05, 0) is 25.9 Å². The Kier molecular flexibility index (Phi) is 5.75. The average molecular weight is 321 g/mol. The highest BCUT2D eigenvalue weighted by Crippen LogP contribution is 2.29. The number of aliphatic hydroxyl groups excluding tert-OH is 1. The van der Waals surface area contributed by atoms with E-state index in [2.05, 4.69) is 9.89 Å². The normalized spacial score (nSPS) is 18.6. The lowest BCUT2D eigenvalue weighted by molar-refractivity contribution is 0.104. The predicted molar refractivity (Wildman–Crippen MR) is 91.2 cm³/mol. The standard InChI is InChI=1S/C17H20N2O2.ClH/c20-16-13-6-2-3-7-14(13)17(21)15(16)12-18-8-11-19-9-4-1-5-10-19;/h2-3,6-7,12,20H,1,4-5,8-11H2;1H. The van der Waals surface area contributed by atoms with E-state index in [0.29, 0.717) is 23.2 Å². The molecule has 1 heterocycles. The zero-order valence-electron chi connectivity index (χ0n) is 12.5. The number of likely N-dealkylation sites (tertiary alicyclic amines) is 1. The van der Waals surface area contributed by atoms with Crippen LogP contribution in [0.1, 0.15) is 35.2 Å². The zero-order valence-corrected chi connectivity index (χ0v) is 13.3. The number of aliphatic hydroxyl groups is 1. The van der Waals surface area contributed by atoms with Crippen molar-refractivity contribution in [1.82, 2.24) is 4.90 Å². The maximum absolute atomic E-state index is 12.2. The number of aliphatic imine (C=N–C) groups is 1. The Bertz CT molecular complexity index is 604. The summed E-state index contributed by atoms with van der Waals surface area (Å²) in [6, 6.07) is 7.12. The Labute approximate surface area is 137 Å². The van der Waals surface area contributed by atoms with Gasteiger partial charge in [0.15, 0.2) is 5.78 Å². The van der Waals surface area contributed by atoms with E-state index in [1.54, 1.807) is 18.2 Å². The molecule has 0 unspecified atom stereocenters. The van der Waals surface area contributed by atoms with Crippen LogP contribution in [0.2, 0.25) is 0 Å². The minimum absolute atomic E-state index is 0. The number of Topliss-reactive ketones (excluding diaryl/α,β-unsaturated/α-hetero) is 1. The summed E-state index contributed by atoms with van der Waals surface area (Å²) in [5.74, 6) is -0.0813. The van der Waals surface area contributed by atoms with Crippen LogP contribution in [0.15, 0.2) is 34.8 Å². The predicted octanol–water partition coefficient (Wildman–Crippen LogP) is 3.13. The molecule has 0 atom stereocenters. The fourth-order valence-corrected chi connectivity index (χ4v) is 2.94. The molecule has 0 saturated carbocycles. The second kappa shape index (κ2) is 7.56. The number of fused-ring (bicyclic) bond motifs is 1. The van der Waals surface area contributed by atoms with Crippen molar-refractivity contribution in [1.29, 1.82) is 0 Å². The monoisotopic (exact) mass is 320 g/mol. The molecule has 0 bridgehead atoms. The first-order valence-electron chi connectivity index (χ1n) is 7.57. The number of carbonyl (C=O) groups excluding carboxylic acids is 1. The van der Waals surface area contributed by atoms with Crippen LogP contribution in [-0.2, 0) is 0 Å². The van der Waals surface area contributed by atoms with Gasteiger partial charge in [0.05, 0.1) is 12.1 Å². The molecule has 0 aromatic heterocycles. The Hall–Kier alpha value is -1.65. The highest BCUT2D eigenvalue weighted by Gasteiger charge is 2.27. The molecule has 1 aromatic carbocycles. The molecule has 2 aliphatic rings. The largest absolute Gasteiger partial charge is 0.506 e. The van der Waals surface area contributed by atoms with Gasteiger partial charge in [-0.15, -0.1) is 12.4 Å². The molecular formula is C17H21ClN2O2. The van der Waals surface area contributed by atoms with Crippen molar-refractivity contribution in [2.24, 2.45) is 4.99 Å². The lowest BCUT2D eigenvalue weighted by atomic mass is 10.1.